The molecule has 0 aliphatic heterocycles. The smallest absolute Gasteiger partial charge is 0.261 e. The fourth-order valence-electron chi connectivity index (χ4n) is 2.93. The second-order valence-corrected chi connectivity index (χ2v) is 7.26. The lowest BCUT2D eigenvalue weighted by atomic mass is 9.94. The van der Waals surface area contributed by atoms with Crippen LogP contribution in [-0.4, -0.2) is 37.0 Å². The fraction of sp³-hybridized carbons (Fsp3) is 0.688. The number of amides is 1. The quantitative estimate of drug-likeness (QED) is 0.794. The molecule has 1 heterocycles. The number of nitrogens with two attached hydrogens (primary N) is 1. The van der Waals surface area contributed by atoms with Crippen molar-refractivity contribution < 1.29 is 4.79 Å². The van der Waals surface area contributed by atoms with Gasteiger partial charge in [-0.1, -0.05) is 19.3 Å². The average Bonchev–Trinajstić information content (AvgIpc) is 2.84. The number of thiophene rings is 1. The Balaban J connectivity index is 1.66. The summed E-state index contributed by atoms with van der Waals surface area (Å²) in [5.41, 5.74) is 6.49. The van der Waals surface area contributed by atoms with Crippen molar-refractivity contribution in [2.24, 2.45) is 0 Å². The molecule has 0 radical (unpaired) electrons. The van der Waals surface area contributed by atoms with Crippen molar-refractivity contribution >= 4 is 22.9 Å². The second kappa shape index (κ2) is 7.80. The molecule has 21 heavy (non-hydrogen) atoms. The molecule has 1 aliphatic carbocycles. The molecule has 0 spiro atoms. The molecular weight excluding hydrogens is 282 g/mol. The van der Waals surface area contributed by atoms with Crippen molar-refractivity contribution in [3.63, 3.8) is 0 Å². The molecule has 4 nitrogen and oxygen atoms in total. The van der Waals surface area contributed by atoms with Gasteiger partial charge in [0.15, 0.2) is 0 Å². The molecule has 0 aromatic carbocycles. The molecule has 1 aromatic heterocycles. The number of carbonyl (C=O) groups excluding carboxylic acids is 1. The molecule has 0 bridgehead atoms. The number of rotatable bonds is 6. The maximum Gasteiger partial charge on any atom is 0.261 e. The molecule has 1 amide bonds. The summed E-state index contributed by atoms with van der Waals surface area (Å²) < 4.78 is 0. The van der Waals surface area contributed by atoms with E-state index in [-0.39, 0.29) is 5.91 Å². The summed E-state index contributed by atoms with van der Waals surface area (Å²) in [5, 5.41) is 2.99. The Morgan fingerprint density at radius 1 is 1.43 bits per heavy atom. The topological polar surface area (TPSA) is 58.4 Å². The predicted octanol–water partition coefficient (Wildman–Crippen LogP) is 3.02. The standard InChI is InChI=1S/C16H27N3OS/c1-12-14(17)11-15(21-12)16(20)18-9-6-10-19(2)13-7-4-3-5-8-13/h11,13H,3-10,17H2,1-2H3,(H,18,20). The summed E-state index contributed by atoms with van der Waals surface area (Å²) >= 11 is 1.46. The molecule has 2 rings (SSSR count). The van der Waals surface area contributed by atoms with E-state index in [4.69, 9.17) is 5.73 Å². The van der Waals surface area contributed by atoms with Crippen LogP contribution in [0.15, 0.2) is 6.07 Å². The Morgan fingerprint density at radius 3 is 2.76 bits per heavy atom. The first-order valence-electron chi connectivity index (χ1n) is 7.92. The van der Waals surface area contributed by atoms with Gasteiger partial charge in [-0.3, -0.25) is 4.79 Å². The molecule has 118 valence electrons. The first-order valence-corrected chi connectivity index (χ1v) is 8.74. The van der Waals surface area contributed by atoms with Crippen molar-refractivity contribution in [1.82, 2.24) is 10.2 Å². The molecule has 3 N–H and O–H groups in total. The minimum absolute atomic E-state index is 0.000111. The van der Waals surface area contributed by atoms with Crippen LogP contribution in [0.25, 0.3) is 0 Å². The highest BCUT2D eigenvalue weighted by molar-refractivity contribution is 7.14. The third-order valence-corrected chi connectivity index (χ3v) is 5.42. The van der Waals surface area contributed by atoms with Gasteiger partial charge in [-0.25, -0.2) is 0 Å². The van der Waals surface area contributed by atoms with E-state index in [1.165, 1.54) is 43.4 Å². The Kier molecular flexibility index (Phi) is 6.06. The number of hydrogen-bond acceptors (Lipinski definition) is 4. The zero-order valence-electron chi connectivity index (χ0n) is 13.2. The molecule has 1 saturated carbocycles. The highest BCUT2D eigenvalue weighted by Gasteiger charge is 2.17. The number of nitrogens with one attached hydrogen (secondary N) is 1. The number of nitrogens with zero attached hydrogens (tertiary/aromatic N) is 1. The van der Waals surface area contributed by atoms with Gasteiger partial charge in [-0.05, 0) is 45.8 Å². The summed E-state index contributed by atoms with van der Waals surface area (Å²) in [7, 11) is 2.21. The van der Waals surface area contributed by atoms with Crippen molar-refractivity contribution in [2.45, 2.75) is 51.5 Å². The number of anilines is 1. The molecule has 5 heteroatoms. The summed E-state index contributed by atoms with van der Waals surface area (Å²) in [6.07, 6.45) is 7.78. The van der Waals surface area contributed by atoms with Gasteiger partial charge in [0, 0.05) is 23.2 Å². The van der Waals surface area contributed by atoms with E-state index in [0.717, 1.165) is 30.4 Å². The molecule has 1 fully saturated rings. The number of carbonyl (C=O) groups is 1. The Labute approximate surface area is 131 Å². The van der Waals surface area contributed by atoms with Crippen molar-refractivity contribution in [3.8, 4) is 0 Å². The third-order valence-electron chi connectivity index (χ3n) is 4.35. The van der Waals surface area contributed by atoms with Crippen LogP contribution >= 0.6 is 11.3 Å². The van der Waals surface area contributed by atoms with Crippen LogP contribution in [-0.2, 0) is 0 Å². The van der Waals surface area contributed by atoms with Crippen LogP contribution in [0.3, 0.4) is 0 Å². The van der Waals surface area contributed by atoms with Crippen LogP contribution in [0.5, 0.6) is 0 Å². The molecule has 0 unspecified atom stereocenters. The van der Waals surface area contributed by atoms with E-state index in [0.29, 0.717) is 10.6 Å². The zero-order chi connectivity index (χ0) is 15.2. The SMILES string of the molecule is Cc1sc(C(=O)NCCCN(C)C2CCCCC2)cc1N. The number of hydrogen-bond donors (Lipinski definition) is 2. The van der Waals surface area contributed by atoms with Crippen LogP contribution in [0.4, 0.5) is 5.69 Å². The van der Waals surface area contributed by atoms with Crippen LogP contribution in [0, 0.1) is 6.92 Å². The van der Waals surface area contributed by atoms with E-state index >= 15 is 0 Å². The number of nitrogen functional groups attached to an aromatic ring is 1. The van der Waals surface area contributed by atoms with Gasteiger partial charge in [0.25, 0.3) is 5.91 Å². The van der Waals surface area contributed by atoms with Gasteiger partial charge in [0.1, 0.15) is 0 Å². The third kappa shape index (κ3) is 4.71. The first-order chi connectivity index (χ1) is 10.1. The second-order valence-electron chi connectivity index (χ2n) is 6.00. The van der Waals surface area contributed by atoms with E-state index in [2.05, 4.69) is 17.3 Å². The summed E-state index contributed by atoms with van der Waals surface area (Å²) in [5.74, 6) is 0.000111. The molecule has 1 aromatic rings. The van der Waals surface area contributed by atoms with E-state index in [9.17, 15) is 4.79 Å². The minimum Gasteiger partial charge on any atom is -0.398 e. The Hall–Kier alpha value is -1.07. The molecular formula is C16H27N3OS. The van der Waals surface area contributed by atoms with E-state index in [1.807, 2.05) is 6.92 Å². The fourth-order valence-corrected chi connectivity index (χ4v) is 3.79. The van der Waals surface area contributed by atoms with Crippen LogP contribution < -0.4 is 11.1 Å². The average molecular weight is 309 g/mol. The minimum atomic E-state index is 0.000111. The summed E-state index contributed by atoms with van der Waals surface area (Å²) in [6, 6.07) is 2.51. The van der Waals surface area contributed by atoms with Gasteiger partial charge < -0.3 is 16.0 Å². The van der Waals surface area contributed by atoms with E-state index < -0.39 is 0 Å². The normalized spacial score (nSPS) is 16.3. The van der Waals surface area contributed by atoms with Crippen molar-refractivity contribution in [2.75, 3.05) is 25.9 Å². The van der Waals surface area contributed by atoms with E-state index in [1.54, 1.807) is 6.07 Å². The van der Waals surface area contributed by atoms with Gasteiger partial charge in [0.2, 0.25) is 0 Å². The maximum absolute atomic E-state index is 12.0. The summed E-state index contributed by atoms with van der Waals surface area (Å²) in [6.45, 7) is 3.72. The highest BCUT2D eigenvalue weighted by atomic mass is 32.1. The number of aryl methyl sites for hydroxylation is 1. The van der Waals surface area contributed by atoms with Crippen LogP contribution in [0.2, 0.25) is 0 Å². The van der Waals surface area contributed by atoms with Gasteiger partial charge in [-0.15, -0.1) is 11.3 Å². The van der Waals surface area contributed by atoms with Gasteiger partial charge in [0.05, 0.1) is 4.88 Å². The van der Waals surface area contributed by atoms with Crippen LogP contribution in [0.1, 0.15) is 53.1 Å². The largest absolute Gasteiger partial charge is 0.398 e. The maximum atomic E-state index is 12.0. The van der Waals surface area contributed by atoms with Gasteiger partial charge in [-0.2, -0.15) is 0 Å². The van der Waals surface area contributed by atoms with Crippen molar-refractivity contribution in [1.29, 1.82) is 0 Å². The molecule has 0 atom stereocenters. The lowest BCUT2D eigenvalue weighted by Crippen LogP contribution is -2.35. The first kappa shape index (κ1) is 16.3. The summed E-state index contributed by atoms with van der Waals surface area (Å²) in [4.78, 5) is 16.2. The molecule has 0 saturated heterocycles. The Morgan fingerprint density at radius 2 is 2.14 bits per heavy atom. The Bertz CT molecular complexity index is 447. The lowest BCUT2D eigenvalue weighted by Gasteiger charge is -2.31. The predicted molar refractivity (Wildman–Crippen MR) is 89.9 cm³/mol. The highest BCUT2D eigenvalue weighted by Crippen LogP contribution is 2.23. The monoisotopic (exact) mass is 309 g/mol. The molecule has 1 aliphatic rings. The van der Waals surface area contributed by atoms with Crippen molar-refractivity contribution in [3.05, 3.63) is 15.8 Å². The van der Waals surface area contributed by atoms with Gasteiger partial charge >= 0.3 is 0 Å². The lowest BCUT2D eigenvalue weighted by molar-refractivity contribution is 0.0954. The zero-order valence-corrected chi connectivity index (χ0v) is 14.0.